The summed E-state index contributed by atoms with van der Waals surface area (Å²) in [4.78, 5) is 4.60. The van der Waals surface area contributed by atoms with Gasteiger partial charge < -0.3 is 15.3 Å². The molecule has 0 aliphatic carbocycles. The fourth-order valence-corrected chi connectivity index (χ4v) is 2.34. The summed E-state index contributed by atoms with van der Waals surface area (Å²) in [5.41, 5.74) is 0. The summed E-state index contributed by atoms with van der Waals surface area (Å²) in [5, 5.41) is 13.1. The molecule has 16 heavy (non-hydrogen) atoms. The number of hydrogen-bond acceptors (Lipinski definition) is 4. The van der Waals surface area contributed by atoms with E-state index in [9.17, 15) is 5.11 Å². The second-order valence-corrected chi connectivity index (χ2v) is 5.41. The van der Waals surface area contributed by atoms with Gasteiger partial charge in [0.25, 0.3) is 0 Å². The molecule has 0 amide bonds. The Labute approximate surface area is 99.6 Å². The van der Waals surface area contributed by atoms with E-state index in [4.69, 9.17) is 0 Å². The number of hydrogen-bond donors (Lipinski definition) is 2. The Hall–Kier alpha value is -0.160. The van der Waals surface area contributed by atoms with Crippen LogP contribution in [0.5, 0.6) is 0 Å². The van der Waals surface area contributed by atoms with Gasteiger partial charge >= 0.3 is 0 Å². The molecule has 0 bridgehead atoms. The highest BCUT2D eigenvalue weighted by molar-refractivity contribution is 4.86. The maximum absolute atomic E-state index is 9.71. The first-order chi connectivity index (χ1) is 7.49. The third-order valence-corrected chi connectivity index (χ3v) is 3.03. The Morgan fingerprint density at radius 2 is 2.12 bits per heavy atom. The van der Waals surface area contributed by atoms with Crippen molar-refractivity contribution in [2.75, 3.05) is 40.3 Å². The van der Waals surface area contributed by atoms with Crippen molar-refractivity contribution in [2.24, 2.45) is 0 Å². The number of β-amino-alcohol motifs (C(OH)–C–C–N with tert-alkyl or cyclic N) is 1. The van der Waals surface area contributed by atoms with Gasteiger partial charge in [-0.2, -0.15) is 0 Å². The lowest BCUT2D eigenvalue weighted by atomic mass is 10.2. The summed E-state index contributed by atoms with van der Waals surface area (Å²) in [7, 11) is 4.19. The van der Waals surface area contributed by atoms with Gasteiger partial charge in [-0.15, -0.1) is 0 Å². The lowest BCUT2D eigenvalue weighted by molar-refractivity contribution is 0.172. The fraction of sp³-hybridized carbons (Fsp3) is 1.00. The van der Waals surface area contributed by atoms with Crippen LogP contribution in [0.15, 0.2) is 0 Å². The molecule has 2 unspecified atom stereocenters. The van der Waals surface area contributed by atoms with E-state index in [1.165, 1.54) is 0 Å². The van der Waals surface area contributed by atoms with Crippen LogP contribution in [0.25, 0.3) is 0 Å². The topological polar surface area (TPSA) is 38.7 Å². The molecule has 0 aromatic heterocycles. The van der Waals surface area contributed by atoms with Crippen molar-refractivity contribution >= 4 is 0 Å². The van der Waals surface area contributed by atoms with E-state index in [-0.39, 0.29) is 6.10 Å². The lowest BCUT2D eigenvalue weighted by Crippen LogP contribution is -2.41. The number of nitrogens with one attached hydrogen (secondary N) is 1. The first kappa shape index (κ1) is 13.9. The van der Waals surface area contributed by atoms with E-state index in [1.807, 2.05) is 0 Å². The molecule has 0 saturated carbocycles. The molecule has 4 nitrogen and oxygen atoms in total. The number of aliphatic hydroxyl groups is 1. The van der Waals surface area contributed by atoms with E-state index >= 15 is 0 Å². The zero-order valence-electron chi connectivity index (χ0n) is 11.1. The monoisotopic (exact) mass is 229 g/mol. The summed E-state index contributed by atoms with van der Waals surface area (Å²) < 4.78 is 0. The molecule has 0 aromatic carbocycles. The molecule has 1 fully saturated rings. The molecule has 0 aromatic rings. The van der Waals surface area contributed by atoms with Gasteiger partial charge in [0.15, 0.2) is 0 Å². The van der Waals surface area contributed by atoms with Crippen LogP contribution in [0.4, 0.5) is 0 Å². The van der Waals surface area contributed by atoms with Crippen molar-refractivity contribution in [1.82, 2.24) is 15.1 Å². The minimum Gasteiger partial charge on any atom is -0.392 e. The predicted octanol–water partition coefficient (Wildman–Crippen LogP) is -0.0188. The maximum atomic E-state index is 9.71. The minimum absolute atomic E-state index is 0.135. The molecule has 0 radical (unpaired) electrons. The van der Waals surface area contributed by atoms with E-state index in [2.05, 4.69) is 43.1 Å². The minimum atomic E-state index is -0.135. The van der Waals surface area contributed by atoms with Crippen LogP contribution >= 0.6 is 0 Å². The van der Waals surface area contributed by atoms with Gasteiger partial charge in [0.05, 0.1) is 6.10 Å². The van der Waals surface area contributed by atoms with Crippen LogP contribution in [-0.4, -0.2) is 73.4 Å². The molecule has 0 spiro atoms. The first-order valence-corrected chi connectivity index (χ1v) is 6.29. The van der Waals surface area contributed by atoms with Gasteiger partial charge in [0.1, 0.15) is 0 Å². The summed E-state index contributed by atoms with van der Waals surface area (Å²) in [6.45, 7) is 8.24. The number of rotatable bonds is 6. The number of likely N-dealkylation sites (N-methyl/N-ethyl adjacent to an activating group) is 1. The van der Waals surface area contributed by atoms with Crippen molar-refractivity contribution < 1.29 is 5.11 Å². The average Bonchev–Trinajstić information content (AvgIpc) is 2.44. The summed E-state index contributed by atoms with van der Waals surface area (Å²) >= 11 is 0. The zero-order valence-corrected chi connectivity index (χ0v) is 11.1. The predicted molar refractivity (Wildman–Crippen MR) is 67.7 cm³/mol. The number of likely N-dealkylation sites (tertiary alicyclic amines) is 1. The maximum Gasteiger partial charge on any atom is 0.0682 e. The Bertz CT molecular complexity index is 197. The Morgan fingerprint density at radius 3 is 2.69 bits per heavy atom. The average molecular weight is 229 g/mol. The second-order valence-electron chi connectivity index (χ2n) is 5.41. The molecule has 2 atom stereocenters. The first-order valence-electron chi connectivity index (χ1n) is 6.29. The van der Waals surface area contributed by atoms with E-state index < -0.39 is 0 Å². The highest BCUT2D eigenvalue weighted by Gasteiger charge is 2.30. The Balaban J connectivity index is 2.31. The smallest absolute Gasteiger partial charge is 0.0682 e. The molecule has 1 heterocycles. The van der Waals surface area contributed by atoms with E-state index in [1.54, 1.807) is 0 Å². The molecular formula is C12H27N3O. The number of nitrogens with zero attached hydrogens (tertiary/aromatic N) is 2. The standard InChI is InChI=1S/C12H27N3O/c1-10(2)13-5-6-15-9-12(16)7-11(15)8-14(3)4/h10-13,16H,5-9H2,1-4H3. The third kappa shape index (κ3) is 4.78. The van der Waals surface area contributed by atoms with Crippen LogP contribution in [0.2, 0.25) is 0 Å². The molecule has 1 rings (SSSR count). The molecular weight excluding hydrogens is 202 g/mol. The summed E-state index contributed by atoms with van der Waals surface area (Å²) in [6, 6.07) is 1.05. The Morgan fingerprint density at radius 1 is 1.44 bits per heavy atom. The summed E-state index contributed by atoms with van der Waals surface area (Å²) in [6.07, 6.45) is 0.781. The molecule has 4 heteroatoms. The molecule has 2 N–H and O–H groups in total. The van der Waals surface area contributed by atoms with Gasteiger partial charge in [-0.3, -0.25) is 4.90 Å². The van der Waals surface area contributed by atoms with Crippen molar-refractivity contribution in [3.8, 4) is 0 Å². The largest absolute Gasteiger partial charge is 0.392 e. The van der Waals surface area contributed by atoms with E-state index in [0.717, 1.165) is 32.6 Å². The van der Waals surface area contributed by atoms with Crippen molar-refractivity contribution in [3.05, 3.63) is 0 Å². The second kappa shape index (κ2) is 6.55. The fourth-order valence-electron chi connectivity index (χ4n) is 2.34. The highest BCUT2D eigenvalue weighted by Crippen LogP contribution is 2.17. The van der Waals surface area contributed by atoms with Crippen LogP contribution in [-0.2, 0) is 0 Å². The van der Waals surface area contributed by atoms with Crippen molar-refractivity contribution in [3.63, 3.8) is 0 Å². The van der Waals surface area contributed by atoms with Gasteiger partial charge in [0.2, 0.25) is 0 Å². The van der Waals surface area contributed by atoms with Crippen LogP contribution in [0, 0.1) is 0 Å². The molecule has 96 valence electrons. The van der Waals surface area contributed by atoms with Crippen molar-refractivity contribution in [2.45, 2.75) is 38.5 Å². The van der Waals surface area contributed by atoms with Gasteiger partial charge in [-0.05, 0) is 20.5 Å². The van der Waals surface area contributed by atoms with Crippen molar-refractivity contribution in [1.29, 1.82) is 0 Å². The SMILES string of the molecule is CC(C)NCCN1CC(O)CC1CN(C)C. The summed E-state index contributed by atoms with van der Waals surface area (Å²) in [5.74, 6) is 0. The van der Waals surface area contributed by atoms with Gasteiger partial charge in [-0.1, -0.05) is 13.8 Å². The van der Waals surface area contributed by atoms with E-state index in [0.29, 0.717) is 12.1 Å². The molecule has 1 aliphatic rings. The quantitative estimate of drug-likeness (QED) is 0.671. The van der Waals surface area contributed by atoms with Gasteiger partial charge in [0, 0.05) is 38.3 Å². The van der Waals surface area contributed by atoms with Crippen LogP contribution in [0.1, 0.15) is 20.3 Å². The Kier molecular flexibility index (Phi) is 5.69. The molecule has 1 saturated heterocycles. The normalized spacial score (nSPS) is 27.2. The number of aliphatic hydroxyl groups excluding tert-OH is 1. The third-order valence-electron chi connectivity index (χ3n) is 3.03. The van der Waals surface area contributed by atoms with Crippen LogP contribution < -0.4 is 5.32 Å². The lowest BCUT2D eigenvalue weighted by Gasteiger charge is -2.27. The van der Waals surface area contributed by atoms with Crippen LogP contribution in [0.3, 0.4) is 0 Å². The zero-order chi connectivity index (χ0) is 12.1. The highest BCUT2D eigenvalue weighted by atomic mass is 16.3. The molecule has 1 aliphatic heterocycles. The van der Waals surface area contributed by atoms with Gasteiger partial charge in [-0.25, -0.2) is 0 Å².